The molecule has 4 heteroatoms. The van der Waals surface area contributed by atoms with E-state index in [4.69, 9.17) is 5.11 Å². The molecule has 1 amide bonds. The molecule has 4 nitrogen and oxygen atoms in total. The molecule has 0 heterocycles. The Labute approximate surface area is 114 Å². The fourth-order valence-corrected chi connectivity index (χ4v) is 1.89. The zero-order valence-electron chi connectivity index (χ0n) is 12.1. The van der Waals surface area contributed by atoms with Gasteiger partial charge in [0.2, 0.25) is 0 Å². The third-order valence-corrected chi connectivity index (χ3v) is 3.44. The number of aryl methyl sites for hydroxylation is 2. The second-order valence-electron chi connectivity index (χ2n) is 5.45. The van der Waals surface area contributed by atoms with Crippen molar-refractivity contribution in [1.29, 1.82) is 0 Å². The summed E-state index contributed by atoms with van der Waals surface area (Å²) in [6.07, 6.45) is 0. The van der Waals surface area contributed by atoms with E-state index >= 15 is 0 Å². The maximum absolute atomic E-state index is 12.5. The number of carbonyl (C=O) groups is 1. The molecule has 1 aromatic carbocycles. The summed E-state index contributed by atoms with van der Waals surface area (Å²) < 4.78 is 0. The van der Waals surface area contributed by atoms with Crippen LogP contribution in [0, 0.1) is 13.8 Å². The molecule has 0 saturated heterocycles. The number of aliphatic hydroxyl groups is 2. The molecule has 2 N–H and O–H groups in total. The van der Waals surface area contributed by atoms with Gasteiger partial charge in [0.25, 0.3) is 5.91 Å². The number of aliphatic hydroxyl groups excluding tert-OH is 2. The average Bonchev–Trinajstić information content (AvgIpc) is 2.38. The molecule has 0 fully saturated rings. The number of hydrogen-bond acceptors (Lipinski definition) is 3. The van der Waals surface area contributed by atoms with E-state index in [9.17, 15) is 9.90 Å². The molecular formula is C15H23NO3. The second-order valence-corrected chi connectivity index (χ2v) is 5.45. The highest BCUT2D eigenvalue weighted by atomic mass is 16.3. The molecule has 0 unspecified atom stereocenters. The molecule has 0 saturated carbocycles. The van der Waals surface area contributed by atoms with Gasteiger partial charge >= 0.3 is 0 Å². The maximum atomic E-state index is 12.5. The van der Waals surface area contributed by atoms with E-state index in [0.29, 0.717) is 5.56 Å². The van der Waals surface area contributed by atoms with Crippen LogP contribution in [-0.4, -0.2) is 46.3 Å². The van der Waals surface area contributed by atoms with E-state index in [2.05, 4.69) is 0 Å². The van der Waals surface area contributed by atoms with Gasteiger partial charge in [-0.2, -0.15) is 0 Å². The van der Waals surface area contributed by atoms with Crippen molar-refractivity contribution < 1.29 is 15.0 Å². The third kappa shape index (κ3) is 3.55. The number of β-amino-alcohol motifs (C(OH)–C–C–N with tert-alkyl or cyclic N) is 1. The average molecular weight is 265 g/mol. The van der Waals surface area contributed by atoms with Gasteiger partial charge in [0.05, 0.1) is 18.8 Å². The van der Waals surface area contributed by atoms with Gasteiger partial charge in [-0.25, -0.2) is 0 Å². The second kappa shape index (κ2) is 6.17. The van der Waals surface area contributed by atoms with E-state index in [-0.39, 0.29) is 25.7 Å². The van der Waals surface area contributed by atoms with E-state index in [0.717, 1.165) is 11.1 Å². The van der Waals surface area contributed by atoms with E-state index in [1.165, 1.54) is 4.90 Å². The van der Waals surface area contributed by atoms with Gasteiger partial charge in [0, 0.05) is 12.1 Å². The molecule has 0 aliphatic carbocycles. The van der Waals surface area contributed by atoms with Crippen LogP contribution >= 0.6 is 0 Å². The van der Waals surface area contributed by atoms with Crippen LogP contribution in [0.25, 0.3) is 0 Å². The Kier molecular flexibility index (Phi) is 5.09. The standard InChI is InChI=1S/C15H23NO3/c1-11-5-6-13(9-12(11)2)14(19)16(7-8-17)15(3,4)10-18/h5-6,9,17-18H,7-8,10H2,1-4H3. The minimum absolute atomic E-state index is 0.125. The summed E-state index contributed by atoms with van der Waals surface area (Å²) in [6, 6.07) is 5.53. The van der Waals surface area contributed by atoms with Crippen molar-refractivity contribution in [3.8, 4) is 0 Å². The molecule has 0 spiro atoms. The van der Waals surface area contributed by atoms with Crippen molar-refractivity contribution in [2.45, 2.75) is 33.2 Å². The summed E-state index contributed by atoms with van der Waals surface area (Å²) in [4.78, 5) is 14.0. The number of nitrogens with zero attached hydrogens (tertiary/aromatic N) is 1. The highest BCUT2D eigenvalue weighted by Gasteiger charge is 2.30. The molecule has 0 radical (unpaired) electrons. The Bertz CT molecular complexity index is 455. The van der Waals surface area contributed by atoms with Crippen LogP contribution < -0.4 is 0 Å². The molecule has 0 aliphatic rings. The minimum atomic E-state index is -0.696. The summed E-state index contributed by atoms with van der Waals surface area (Å²) in [7, 11) is 0. The van der Waals surface area contributed by atoms with Crippen LogP contribution in [0.3, 0.4) is 0 Å². The van der Waals surface area contributed by atoms with Crippen LogP contribution in [-0.2, 0) is 0 Å². The summed E-state index contributed by atoms with van der Waals surface area (Å²) in [5, 5.41) is 18.5. The molecule has 1 aromatic rings. The zero-order chi connectivity index (χ0) is 14.6. The zero-order valence-corrected chi connectivity index (χ0v) is 12.1. The van der Waals surface area contributed by atoms with E-state index in [1.54, 1.807) is 19.9 Å². The molecule has 106 valence electrons. The normalized spacial score (nSPS) is 11.5. The molecule has 0 aromatic heterocycles. The molecule has 0 bridgehead atoms. The number of rotatable bonds is 5. The van der Waals surface area contributed by atoms with E-state index < -0.39 is 5.54 Å². The maximum Gasteiger partial charge on any atom is 0.254 e. The monoisotopic (exact) mass is 265 g/mol. The Morgan fingerprint density at radius 1 is 1.21 bits per heavy atom. The van der Waals surface area contributed by atoms with Gasteiger partial charge < -0.3 is 15.1 Å². The Morgan fingerprint density at radius 3 is 2.32 bits per heavy atom. The SMILES string of the molecule is Cc1ccc(C(=O)N(CCO)C(C)(C)CO)cc1C. The number of benzene rings is 1. The Morgan fingerprint density at radius 2 is 1.84 bits per heavy atom. The Balaban J connectivity index is 3.09. The Hall–Kier alpha value is -1.39. The number of amides is 1. The first-order valence-corrected chi connectivity index (χ1v) is 6.44. The number of hydrogen-bond donors (Lipinski definition) is 2. The summed E-state index contributed by atoms with van der Waals surface area (Å²) in [6.45, 7) is 7.44. The molecule has 0 atom stereocenters. The molecular weight excluding hydrogens is 242 g/mol. The lowest BCUT2D eigenvalue weighted by Gasteiger charge is -2.37. The lowest BCUT2D eigenvalue weighted by Crippen LogP contribution is -2.51. The first kappa shape index (κ1) is 15.7. The number of carbonyl (C=O) groups excluding carboxylic acids is 1. The van der Waals surface area contributed by atoms with Crippen molar-refractivity contribution in [2.75, 3.05) is 19.8 Å². The van der Waals surface area contributed by atoms with Gasteiger partial charge in [-0.15, -0.1) is 0 Å². The first-order chi connectivity index (χ1) is 8.83. The summed E-state index contributed by atoms with van der Waals surface area (Å²) in [5.41, 5.74) is 2.07. The molecule has 1 rings (SSSR count). The predicted octanol–water partition coefficient (Wildman–Crippen LogP) is 1.51. The van der Waals surface area contributed by atoms with Gasteiger partial charge in [-0.1, -0.05) is 6.07 Å². The molecule has 19 heavy (non-hydrogen) atoms. The van der Waals surface area contributed by atoms with Crippen molar-refractivity contribution in [3.63, 3.8) is 0 Å². The van der Waals surface area contributed by atoms with Crippen molar-refractivity contribution in [1.82, 2.24) is 4.90 Å². The quantitative estimate of drug-likeness (QED) is 0.848. The predicted molar refractivity (Wildman–Crippen MR) is 75.2 cm³/mol. The van der Waals surface area contributed by atoms with Gasteiger partial charge in [0.1, 0.15) is 0 Å². The van der Waals surface area contributed by atoms with E-state index in [1.807, 2.05) is 26.0 Å². The van der Waals surface area contributed by atoms with Crippen LogP contribution in [0.4, 0.5) is 0 Å². The van der Waals surface area contributed by atoms with Crippen LogP contribution in [0.5, 0.6) is 0 Å². The van der Waals surface area contributed by atoms with Crippen LogP contribution in [0.15, 0.2) is 18.2 Å². The highest BCUT2D eigenvalue weighted by Crippen LogP contribution is 2.19. The van der Waals surface area contributed by atoms with Gasteiger partial charge in [-0.05, 0) is 51.0 Å². The van der Waals surface area contributed by atoms with Crippen molar-refractivity contribution >= 4 is 5.91 Å². The third-order valence-electron chi connectivity index (χ3n) is 3.44. The molecule has 0 aliphatic heterocycles. The van der Waals surface area contributed by atoms with Crippen LogP contribution in [0.2, 0.25) is 0 Å². The topological polar surface area (TPSA) is 60.8 Å². The van der Waals surface area contributed by atoms with Gasteiger partial charge in [0.15, 0.2) is 0 Å². The summed E-state index contributed by atoms with van der Waals surface area (Å²) >= 11 is 0. The van der Waals surface area contributed by atoms with Gasteiger partial charge in [-0.3, -0.25) is 4.79 Å². The highest BCUT2D eigenvalue weighted by molar-refractivity contribution is 5.95. The lowest BCUT2D eigenvalue weighted by molar-refractivity contribution is 0.0308. The van der Waals surface area contributed by atoms with Crippen molar-refractivity contribution in [2.24, 2.45) is 0 Å². The minimum Gasteiger partial charge on any atom is -0.395 e. The lowest BCUT2D eigenvalue weighted by atomic mass is 10.0. The van der Waals surface area contributed by atoms with Crippen LogP contribution in [0.1, 0.15) is 35.3 Å². The first-order valence-electron chi connectivity index (χ1n) is 6.44. The van der Waals surface area contributed by atoms with Crippen molar-refractivity contribution in [3.05, 3.63) is 34.9 Å². The fraction of sp³-hybridized carbons (Fsp3) is 0.533. The smallest absolute Gasteiger partial charge is 0.254 e. The fourth-order valence-electron chi connectivity index (χ4n) is 1.89. The largest absolute Gasteiger partial charge is 0.395 e. The summed E-state index contributed by atoms with van der Waals surface area (Å²) in [5.74, 6) is -0.170.